The molecule has 7 nitrogen and oxygen atoms in total. The van der Waals surface area contributed by atoms with Crippen molar-refractivity contribution in [1.29, 1.82) is 0 Å². The third-order valence-corrected chi connectivity index (χ3v) is 1.64. The predicted octanol–water partition coefficient (Wildman–Crippen LogP) is -0.397. The van der Waals surface area contributed by atoms with Crippen molar-refractivity contribution < 1.29 is 19.1 Å². The number of ether oxygens (including phenoxy) is 2. The number of carbonyl (C=O) groups excluding carboxylic acids is 2. The third kappa shape index (κ3) is 12.7. The Morgan fingerprint density at radius 3 is 2.39 bits per heavy atom. The van der Waals surface area contributed by atoms with Crippen LogP contribution < -0.4 is 16.4 Å². The summed E-state index contributed by atoms with van der Waals surface area (Å²) in [4.78, 5) is 21.6. The molecule has 0 atom stereocenters. The Kier molecular flexibility index (Phi) is 8.06. The second-order valence-corrected chi connectivity index (χ2v) is 4.70. The van der Waals surface area contributed by atoms with E-state index in [1.807, 2.05) is 0 Å². The van der Waals surface area contributed by atoms with Gasteiger partial charge in [0.15, 0.2) is 0 Å². The molecule has 2 amide bonds. The monoisotopic (exact) mass is 261 g/mol. The summed E-state index contributed by atoms with van der Waals surface area (Å²) in [5.74, 6) is -0.485. The number of rotatable bonds is 8. The molecule has 0 aromatic rings. The van der Waals surface area contributed by atoms with Crippen LogP contribution in [0.1, 0.15) is 20.8 Å². The molecule has 106 valence electrons. The van der Waals surface area contributed by atoms with Crippen molar-refractivity contribution in [2.45, 2.75) is 26.4 Å². The Bertz CT molecular complexity index is 264. The van der Waals surface area contributed by atoms with Crippen LogP contribution in [0, 0.1) is 0 Å². The van der Waals surface area contributed by atoms with Gasteiger partial charge >= 0.3 is 6.09 Å². The average molecular weight is 261 g/mol. The molecule has 4 N–H and O–H groups in total. The lowest BCUT2D eigenvalue weighted by Crippen LogP contribution is -2.37. The topological polar surface area (TPSA) is 103 Å². The largest absolute Gasteiger partial charge is 0.444 e. The van der Waals surface area contributed by atoms with Crippen molar-refractivity contribution in [3.05, 3.63) is 0 Å². The number of carbonyl (C=O) groups is 2. The minimum absolute atomic E-state index is 0.0716. The summed E-state index contributed by atoms with van der Waals surface area (Å²) in [5, 5.41) is 5.64. The quantitative estimate of drug-likeness (QED) is 0.516. The SMILES string of the molecule is CC(C)(C)OC(=O)NCCNCCOCC(N)=O. The molecule has 0 aliphatic heterocycles. The van der Waals surface area contributed by atoms with Gasteiger partial charge in [-0.2, -0.15) is 0 Å². The third-order valence-electron chi connectivity index (χ3n) is 1.64. The van der Waals surface area contributed by atoms with Gasteiger partial charge in [0.05, 0.1) is 6.61 Å². The van der Waals surface area contributed by atoms with Crippen LogP contribution in [0.4, 0.5) is 4.79 Å². The average Bonchev–Trinajstić information content (AvgIpc) is 2.18. The lowest BCUT2D eigenvalue weighted by atomic mass is 10.2. The van der Waals surface area contributed by atoms with Gasteiger partial charge in [0.2, 0.25) is 5.91 Å². The Morgan fingerprint density at radius 2 is 1.83 bits per heavy atom. The first-order valence-electron chi connectivity index (χ1n) is 5.85. The predicted molar refractivity (Wildman–Crippen MR) is 67.1 cm³/mol. The van der Waals surface area contributed by atoms with E-state index in [1.54, 1.807) is 20.8 Å². The van der Waals surface area contributed by atoms with Gasteiger partial charge in [0.25, 0.3) is 0 Å². The highest BCUT2D eigenvalue weighted by Crippen LogP contribution is 2.05. The van der Waals surface area contributed by atoms with E-state index in [1.165, 1.54) is 0 Å². The smallest absolute Gasteiger partial charge is 0.407 e. The highest BCUT2D eigenvalue weighted by Gasteiger charge is 2.15. The highest BCUT2D eigenvalue weighted by atomic mass is 16.6. The number of hydrogen-bond donors (Lipinski definition) is 3. The lowest BCUT2D eigenvalue weighted by Gasteiger charge is -2.19. The highest BCUT2D eigenvalue weighted by molar-refractivity contribution is 5.74. The van der Waals surface area contributed by atoms with Crippen molar-refractivity contribution in [2.24, 2.45) is 5.73 Å². The molecular formula is C11H23N3O4. The molecule has 0 unspecified atom stereocenters. The Balaban J connectivity index is 3.30. The first-order chi connectivity index (χ1) is 8.31. The van der Waals surface area contributed by atoms with E-state index < -0.39 is 17.6 Å². The van der Waals surface area contributed by atoms with Crippen molar-refractivity contribution in [2.75, 3.05) is 32.8 Å². The summed E-state index contributed by atoms with van der Waals surface area (Å²) in [5.41, 5.74) is 4.41. The van der Waals surface area contributed by atoms with Gasteiger partial charge in [0.1, 0.15) is 12.2 Å². The molecule has 0 fully saturated rings. The molecule has 7 heteroatoms. The molecule has 0 bridgehead atoms. The van der Waals surface area contributed by atoms with Crippen LogP contribution in [-0.2, 0) is 14.3 Å². The number of nitrogens with two attached hydrogens (primary N) is 1. The maximum Gasteiger partial charge on any atom is 0.407 e. The number of primary amides is 1. The minimum Gasteiger partial charge on any atom is -0.444 e. The summed E-state index contributed by atoms with van der Waals surface area (Å²) >= 11 is 0. The fourth-order valence-corrected chi connectivity index (χ4v) is 1.01. The van der Waals surface area contributed by atoms with Crippen LogP contribution in [0.2, 0.25) is 0 Å². The van der Waals surface area contributed by atoms with Crippen LogP contribution in [-0.4, -0.2) is 50.4 Å². The first kappa shape index (κ1) is 16.7. The molecular weight excluding hydrogens is 238 g/mol. The number of nitrogens with one attached hydrogen (secondary N) is 2. The van der Waals surface area contributed by atoms with Gasteiger partial charge in [-0.1, -0.05) is 0 Å². The Labute approximate surface area is 107 Å². The Morgan fingerprint density at radius 1 is 1.17 bits per heavy atom. The van der Waals surface area contributed by atoms with E-state index in [4.69, 9.17) is 15.2 Å². The number of alkyl carbamates (subject to hydrolysis) is 1. The fourth-order valence-electron chi connectivity index (χ4n) is 1.01. The molecule has 0 aromatic carbocycles. The van der Waals surface area contributed by atoms with Gasteiger partial charge in [-0.25, -0.2) is 4.79 Å². The van der Waals surface area contributed by atoms with E-state index in [0.29, 0.717) is 26.2 Å². The molecule has 0 spiro atoms. The zero-order valence-electron chi connectivity index (χ0n) is 11.2. The van der Waals surface area contributed by atoms with Gasteiger partial charge in [0, 0.05) is 19.6 Å². The molecule has 0 radical (unpaired) electrons. The maximum atomic E-state index is 11.2. The summed E-state index contributed by atoms with van der Waals surface area (Å²) < 4.78 is 9.99. The van der Waals surface area contributed by atoms with Crippen molar-refractivity contribution in [3.63, 3.8) is 0 Å². The van der Waals surface area contributed by atoms with Gasteiger partial charge < -0.3 is 25.8 Å². The normalized spacial score (nSPS) is 11.1. The van der Waals surface area contributed by atoms with Crippen LogP contribution in [0.5, 0.6) is 0 Å². The van der Waals surface area contributed by atoms with E-state index in [9.17, 15) is 9.59 Å². The summed E-state index contributed by atoms with van der Waals surface area (Å²) in [6.45, 7) is 7.39. The van der Waals surface area contributed by atoms with Crippen LogP contribution in [0.15, 0.2) is 0 Å². The molecule has 0 saturated carbocycles. The zero-order chi connectivity index (χ0) is 14.0. The van der Waals surface area contributed by atoms with E-state index in [2.05, 4.69) is 10.6 Å². The summed E-state index contributed by atoms with van der Waals surface area (Å²) in [6.07, 6.45) is -0.436. The van der Waals surface area contributed by atoms with Crippen molar-refractivity contribution >= 4 is 12.0 Å². The number of amides is 2. The maximum absolute atomic E-state index is 11.2. The van der Waals surface area contributed by atoms with Gasteiger partial charge in [-0.05, 0) is 20.8 Å². The second kappa shape index (κ2) is 8.71. The van der Waals surface area contributed by atoms with Gasteiger partial charge in [-0.15, -0.1) is 0 Å². The lowest BCUT2D eigenvalue weighted by molar-refractivity contribution is -0.122. The van der Waals surface area contributed by atoms with Gasteiger partial charge in [-0.3, -0.25) is 4.79 Å². The molecule has 0 aliphatic carbocycles. The van der Waals surface area contributed by atoms with Crippen molar-refractivity contribution in [3.8, 4) is 0 Å². The van der Waals surface area contributed by atoms with Crippen LogP contribution >= 0.6 is 0 Å². The minimum atomic E-state index is -0.486. The summed E-state index contributed by atoms with van der Waals surface area (Å²) in [6, 6.07) is 0. The van der Waals surface area contributed by atoms with E-state index in [0.717, 1.165) is 0 Å². The summed E-state index contributed by atoms with van der Waals surface area (Å²) in [7, 11) is 0. The van der Waals surface area contributed by atoms with Crippen LogP contribution in [0.3, 0.4) is 0 Å². The van der Waals surface area contributed by atoms with Crippen LogP contribution in [0.25, 0.3) is 0 Å². The molecule has 0 aromatic heterocycles. The molecule has 0 saturated heterocycles. The Hall–Kier alpha value is -1.34. The van der Waals surface area contributed by atoms with E-state index in [-0.39, 0.29) is 6.61 Å². The second-order valence-electron chi connectivity index (χ2n) is 4.70. The molecule has 18 heavy (non-hydrogen) atoms. The first-order valence-corrected chi connectivity index (χ1v) is 5.85. The van der Waals surface area contributed by atoms with E-state index >= 15 is 0 Å². The van der Waals surface area contributed by atoms with Crippen molar-refractivity contribution in [1.82, 2.24) is 10.6 Å². The fraction of sp³-hybridized carbons (Fsp3) is 0.818. The molecule has 0 rings (SSSR count). The zero-order valence-corrected chi connectivity index (χ0v) is 11.2. The number of hydrogen-bond acceptors (Lipinski definition) is 5. The molecule has 0 heterocycles. The standard InChI is InChI=1S/C11H23N3O4/c1-11(2,3)18-10(16)14-5-4-13-6-7-17-8-9(12)15/h13H,4-8H2,1-3H3,(H2,12,15)(H,14,16). The molecule has 0 aliphatic rings.